The van der Waals surface area contributed by atoms with E-state index in [4.69, 9.17) is 11.6 Å². The average Bonchev–Trinajstić information content (AvgIpc) is 2.77. The fourth-order valence-electron chi connectivity index (χ4n) is 2.32. The molecular weight excluding hydrogens is 356 g/mol. The van der Waals surface area contributed by atoms with Crippen LogP contribution in [-0.2, 0) is 0 Å². The minimum Gasteiger partial charge on any atom is -0.388 e. The predicted octanol–water partition coefficient (Wildman–Crippen LogP) is 7.12. The Morgan fingerprint density at radius 3 is 2.15 bits per heavy atom. The van der Waals surface area contributed by atoms with Crippen LogP contribution >= 0.6 is 38.9 Å². The van der Waals surface area contributed by atoms with Gasteiger partial charge in [0.15, 0.2) is 0 Å². The van der Waals surface area contributed by atoms with Gasteiger partial charge in [-0.1, -0.05) is 76.3 Å². The first-order chi connectivity index (χ1) is 9.65. The van der Waals surface area contributed by atoms with Gasteiger partial charge in [0.2, 0.25) is 0 Å². The Kier molecular flexibility index (Phi) is 10.2. The lowest BCUT2D eigenvalue weighted by Gasteiger charge is -2.08. The molecule has 0 radical (unpaired) electrons. The molecule has 1 unspecified atom stereocenters. The molecule has 1 atom stereocenters. The molecule has 1 N–H and O–H groups in total. The van der Waals surface area contributed by atoms with Crippen LogP contribution in [0.15, 0.2) is 9.85 Å². The van der Waals surface area contributed by atoms with Gasteiger partial charge in [-0.15, -0.1) is 11.3 Å². The van der Waals surface area contributed by atoms with Crippen molar-refractivity contribution in [3.05, 3.63) is 19.8 Å². The summed E-state index contributed by atoms with van der Waals surface area (Å²) in [4.78, 5) is 0.974. The van der Waals surface area contributed by atoms with E-state index >= 15 is 0 Å². The predicted molar refractivity (Wildman–Crippen MR) is 93.8 cm³/mol. The molecule has 0 aromatic carbocycles. The minimum absolute atomic E-state index is 0.353. The second-order valence-electron chi connectivity index (χ2n) is 5.40. The van der Waals surface area contributed by atoms with E-state index in [9.17, 15) is 5.11 Å². The van der Waals surface area contributed by atoms with Crippen LogP contribution in [0, 0.1) is 0 Å². The molecular formula is C16H26BrClOS. The molecule has 0 saturated carbocycles. The second-order valence-corrected chi connectivity index (χ2v) is 8.21. The van der Waals surface area contributed by atoms with Crippen LogP contribution in [0.25, 0.3) is 0 Å². The largest absolute Gasteiger partial charge is 0.388 e. The first-order valence-corrected chi connectivity index (χ1v) is 9.76. The maximum Gasteiger partial charge on any atom is 0.0888 e. The zero-order valence-corrected chi connectivity index (χ0v) is 15.5. The zero-order valence-electron chi connectivity index (χ0n) is 12.3. The fourth-order valence-corrected chi connectivity index (χ4v) is 4.09. The third-order valence-electron chi connectivity index (χ3n) is 3.57. The monoisotopic (exact) mass is 380 g/mol. The van der Waals surface area contributed by atoms with Gasteiger partial charge in [-0.05, 0) is 28.4 Å². The third kappa shape index (κ3) is 7.44. The molecule has 116 valence electrons. The van der Waals surface area contributed by atoms with Crippen molar-refractivity contribution in [3.8, 4) is 0 Å². The Morgan fingerprint density at radius 2 is 1.65 bits per heavy atom. The number of hydrogen-bond donors (Lipinski definition) is 1. The molecule has 1 rings (SSSR count). The Balaban J connectivity index is 2.01. The molecule has 0 spiro atoms. The fraction of sp³-hybridized carbons (Fsp3) is 0.750. The lowest BCUT2D eigenvalue weighted by Crippen LogP contribution is -1.94. The number of hydrogen-bond acceptors (Lipinski definition) is 2. The lowest BCUT2D eigenvalue weighted by atomic mass is 10.0. The smallest absolute Gasteiger partial charge is 0.0888 e. The van der Waals surface area contributed by atoms with Crippen LogP contribution in [-0.4, -0.2) is 5.11 Å². The quantitative estimate of drug-likeness (QED) is 0.404. The molecule has 4 heteroatoms. The molecule has 0 saturated heterocycles. The van der Waals surface area contributed by atoms with Gasteiger partial charge in [0.25, 0.3) is 0 Å². The van der Waals surface area contributed by atoms with Crippen molar-refractivity contribution < 1.29 is 5.11 Å². The van der Waals surface area contributed by atoms with Crippen molar-refractivity contribution in [1.82, 2.24) is 0 Å². The molecule has 0 aliphatic heterocycles. The van der Waals surface area contributed by atoms with Crippen LogP contribution in [0.3, 0.4) is 0 Å². The molecule has 1 aromatic heterocycles. The van der Waals surface area contributed by atoms with Crippen LogP contribution in [0.1, 0.15) is 82.1 Å². The summed E-state index contributed by atoms with van der Waals surface area (Å²) in [5.74, 6) is 0. The zero-order chi connectivity index (χ0) is 14.8. The lowest BCUT2D eigenvalue weighted by molar-refractivity contribution is 0.167. The van der Waals surface area contributed by atoms with E-state index in [2.05, 4.69) is 22.9 Å². The summed E-state index contributed by atoms with van der Waals surface area (Å²) < 4.78 is 0.917. The molecule has 1 aromatic rings. The summed E-state index contributed by atoms with van der Waals surface area (Å²) in [5.41, 5.74) is 0. The van der Waals surface area contributed by atoms with Gasteiger partial charge in [0.05, 0.1) is 14.9 Å². The van der Waals surface area contributed by atoms with Gasteiger partial charge in [-0.25, -0.2) is 0 Å². The van der Waals surface area contributed by atoms with E-state index in [1.165, 1.54) is 62.7 Å². The molecule has 0 amide bonds. The minimum atomic E-state index is -0.353. The van der Waals surface area contributed by atoms with E-state index in [0.717, 1.165) is 21.5 Å². The number of halogens is 2. The highest BCUT2D eigenvalue weighted by atomic mass is 79.9. The molecule has 0 bridgehead atoms. The van der Waals surface area contributed by atoms with Gasteiger partial charge in [0, 0.05) is 4.88 Å². The highest BCUT2D eigenvalue weighted by Crippen LogP contribution is 2.36. The van der Waals surface area contributed by atoms with Gasteiger partial charge < -0.3 is 5.11 Å². The summed E-state index contributed by atoms with van der Waals surface area (Å²) in [6.07, 6.45) is 12.3. The first-order valence-electron chi connectivity index (χ1n) is 7.78. The van der Waals surface area contributed by atoms with Gasteiger partial charge >= 0.3 is 0 Å². The average molecular weight is 382 g/mol. The van der Waals surface area contributed by atoms with Gasteiger partial charge in [-0.2, -0.15) is 0 Å². The van der Waals surface area contributed by atoms with Crippen molar-refractivity contribution in [1.29, 1.82) is 0 Å². The first kappa shape index (κ1) is 18.5. The normalized spacial score (nSPS) is 12.8. The number of thiophene rings is 1. The summed E-state index contributed by atoms with van der Waals surface area (Å²) >= 11 is 10.9. The third-order valence-corrected chi connectivity index (χ3v) is 6.15. The summed E-state index contributed by atoms with van der Waals surface area (Å²) in [6, 6.07) is 1.87. The van der Waals surface area contributed by atoms with Crippen molar-refractivity contribution in [2.75, 3.05) is 0 Å². The van der Waals surface area contributed by atoms with Gasteiger partial charge in [0.1, 0.15) is 0 Å². The summed E-state index contributed by atoms with van der Waals surface area (Å²) in [6.45, 7) is 2.25. The van der Waals surface area contributed by atoms with E-state index in [1.807, 2.05) is 6.07 Å². The highest BCUT2D eigenvalue weighted by Gasteiger charge is 2.12. The maximum atomic E-state index is 10.1. The summed E-state index contributed by atoms with van der Waals surface area (Å²) in [7, 11) is 0. The van der Waals surface area contributed by atoms with Gasteiger partial charge in [-0.3, -0.25) is 0 Å². The Labute approximate surface area is 140 Å². The van der Waals surface area contributed by atoms with Crippen LogP contribution < -0.4 is 0 Å². The molecule has 20 heavy (non-hydrogen) atoms. The summed E-state index contributed by atoms with van der Waals surface area (Å²) in [5, 5.41) is 10.8. The SMILES string of the molecule is CCCCCCCCCCCC(O)c1cc(Cl)c(Br)s1. The highest BCUT2D eigenvalue weighted by molar-refractivity contribution is 9.11. The molecule has 0 aliphatic rings. The van der Waals surface area contributed by atoms with E-state index in [0.29, 0.717) is 5.02 Å². The number of rotatable bonds is 11. The maximum absolute atomic E-state index is 10.1. The van der Waals surface area contributed by atoms with Crippen LogP contribution in [0.5, 0.6) is 0 Å². The van der Waals surface area contributed by atoms with Crippen molar-refractivity contribution in [2.24, 2.45) is 0 Å². The van der Waals surface area contributed by atoms with Crippen molar-refractivity contribution >= 4 is 38.9 Å². The van der Waals surface area contributed by atoms with E-state index in [1.54, 1.807) is 0 Å². The molecule has 0 aliphatic carbocycles. The standard InChI is InChI=1S/C16H26BrClOS/c1-2-3-4-5-6-7-8-9-10-11-14(19)15-12-13(18)16(17)20-15/h12,14,19H,2-11H2,1H3. The van der Waals surface area contributed by atoms with Crippen molar-refractivity contribution in [2.45, 2.75) is 77.2 Å². The van der Waals surface area contributed by atoms with Crippen LogP contribution in [0.4, 0.5) is 0 Å². The molecule has 1 nitrogen and oxygen atoms in total. The van der Waals surface area contributed by atoms with E-state index in [-0.39, 0.29) is 6.10 Å². The number of unbranched alkanes of at least 4 members (excludes halogenated alkanes) is 8. The van der Waals surface area contributed by atoms with Crippen molar-refractivity contribution in [3.63, 3.8) is 0 Å². The number of aliphatic hydroxyl groups is 1. The van der Waals surface area contributed by atoms with E-state index < -0.39 is 0 Å². The van der Waals surface area contributed by atoms with Crippen LogP contribution in [0.2, 0.25) is 5.02 Å². The molecule has 0 fully saturated rings. The second kappa shape index (κ2) is 11.1. The molecule has 1 heterocycles. The Bertz CT molecular complexity index is 348. The number of aliphatic hydroxyl groups excluding tert-OH is 1. The topological polar surface area (TPSA) is 20.2 Å². The Hall–Kier alpha value is 0.430. The Morgan fingerprint density at radius 1 is 1.10 bits per heavy atom.